The van der Waals surface area contributed by atoms with Crippen molar-refractivity contribution in [1.82, 2.24) is 0 Å². The summed E-state index contributed by atoms with van der Waals surface area (Å²) >= 11 is 0. The lowest BCUT2D eigenvalue weighted by molar-refractivity contribution is -0.138. The molecular formula is C13H22O4. The summed E-state index contributed by atoms with van der Waals surface area (Å²) in [4.78, 5) is 20.4. The Morgan fingerprint density at radius 3 is 2.24 bits per heavy atom. The average Bonchev–Trinajstić information content (AvgIpc) is 2.30. The van der Waals surface area contributed by atoms with E-state index in [1.807, 2.05) is 13.8 Å². The molecule has 0 rings (SSSR count). The van der Waals surface area contributed by atoms with Crippen molar-refractivity contribution in [3.63, 3.8) is 0 Å². The lowest BCUT2D eigenvalue weighted by atomic mass is 10.2. The van der Waals surface area contributed by atoms with Crippen molar-refractivity contribution in [3.05, 3.63) is 24.3 Å². The van der Waals surface area contributed by atoms with Crippen LogP contribution in [0.15, 0.2) is 24.3 Å². The first-order valence-corrected chi connectivity index (χ1v) is 5.68. The van der Waals surface area contributed by atoms with Crippen molar-refractivity contribution in [3.8, 4) is 0 Å². The fraction of sp³-hybridized carbons (Fsp3) is 0.538. The zero-order valence-electron chi connectivity index (χ0n) is 10.9. The van der Waals surface area contributed by atoms with Gasteiger partial charge in [-0.25, -0.2) is 9.59 Å². The van der Waals surface area contributed by atoms with E-state index in [1.54, 1.807) is 13.0 Å². The van der Waals surface area contributed by atoms with Crippen LogP contribution in [0.25, 0.3) is 0 Å². The van der Waals surface area contributed by atoms with Gasteiger partial charge in [0.15, 0.2) is 0 Å². The van der Waals surface area contributed by atoms with Crippen LogP contribution in [-0.4, -0.2) is 23.7 Å². The lowest BCUT2D eigenvalue weighted by Crippen LogP contribution is -2.00. The fourth-order valence-corrected chi connectivity index (χ4v) is 0.770. The second-order valence-electron chi connectivity index (χ2n) is 3.33. The zero-order chi connectivity index (χ0) is 13.7. The molecule has 0 saturated heterocycles. The molecule has 0 aromatic carbocycles. The van der Waals surface area contributed by atoms with Gasteiger partial charge >= 0.3 is 11.9 Å². The van der Waals surface area contributed by atoms with Gasteiger partial charge in [-0.05, 0) is 19.8 Å². The molecular weight excluding hydrogens is 220 g/mol. The van der Waals surface area contributed by atoms with E-state index in [-0.39, 0.29) is 5.97 Å². The molecule has 17 heavy (non-hydrogen) atoms. The van der Waals surface area contributed by atoms with Crippen LogP contribution in [0.3, 0.4) is 0 Å². The Morgan fingerprint density at radius 2 is 1.94 bits per heavy atom. The van der Waals surface area contributed by atoms with E-state index in [2.05, 4.69) is 11.3 Å². The molecule has 0 spiro atoms. The van der Waals surface area contributed by atoms with Gasteiger partial charge in [0.25, 0.3) is 0 Å². The highest BCUT2D eigenvalue weighted by molar-refractivity contribution is 5.85. The maximum Gasteiger partial charge on any atom is 0.330 e. The summed E-state index contributed by atoms with van der Waals surface area (Å²) in [6.45, 7) is 9.32. The van der Waals surface area contributed by atoms with E-state index in [0.29, 0.717) is 12.2 Å². The maximum atomic E-state index is 10.3. The highest BCUT2D eigenvalue weighted by atomic mass is 16.5. The van der Waals surface area contributed by atoms with Gasteiger partial charge in [0.1, 0.15) is 0 Å². The van der Waals surface area contributed by atoms with Crippen molar-refractivity contribution >= 4 is 11.9 Å². The molecule has 0 aliphatic heterocycles. The van der Waals surface area contributed by atoms with E-state index in [9.17, 15) is 9.59 Å². The number of hydrogen-bond donors (Lipinski definition) is 1. The van der Waals surface area contributed by atoms with Crippen molar-refractivity contribution in [2.75, 3.05) is 6.61 Å². The Labute approximate surface area is 103 Å². The summed E-state index contributed by atoms with van der Waals surface area (Å²) in [5.41, 5.74) is 0.424. The number of carboxylic acids is 1. The molecule has 0 aliphatic rings. The number of allylic oxidation sites excluding steroid dienone is 1. The van der Waals surface area contributed by atoms with Crippen LogP contribution in [0.2, 0.25) is 0 Å². The van der Waals surface area contributed by atoms with E-state index < -0.39 is 5.97 Å². The Hall–Kier alpha value is -1.58. The summed E-state index contributed by atoms with van der Waals surface area (Å²) in [5.74, 6) is -1.16. The molecule has 0 bridgehead atoms. The molecule has 0 aromatic rings. The minimum Gasteiger partial charge on any atom is -0.478 e. The molecule has 98 valence electrons. The van der Waals surface area contributed by atoms with Gasteiger partial charge in [0.05, 0.1) is 6.61 Å². The summed E-state index contributed by atoms with van der Waals surface area (Å²) in [6.07, 6.45) is 5.63. The largest absolute Gasteiger partial charge is 0.478 e. The molecule has 0 unspecified atom stereocenters. The summed E-state index contributed by atoms with van der Waals surface area (Å²) < 4.78 is 4.67. The Morgan fingerprint density at radius 1 is 1.35 bits per heavy atom. The number of unbranched alkanes of at least 4 members (excludes halogenated alkanes) is 1. The number of carboxylic acid groups (broad SMARTS) is 1. The summed E-state index contributed by atoms with van der Waals surface area (Å²) in [7, 11) is 0. The highest BCUT2D eigenvalue weighted by Crippen LogP contribution is 1.92. The molecule has 1 N–H and O–H groups in total. The van der Waals surface area contributed by atoms with Crippen molar-refractivity contribution < 1.29 is 19.4 Å². The van der Waals surface area contributed by atoms with E-state index in [4.69, 9.17) is 5.11 Å². The smallest absolute Gasteiger partial charge is 0.330 e. The third-order valence-corrected chi connectivity index (χ3v) is 1.76. The highest BCUT2D eigenvalue weighted by Gasteiger charge is 1.95. The van der Waals surface area contributed by atoms with Crippen LogP contribution in [-0.2, 0) is 14.3 Å². The number of aliphatic carboxylic acids is 1. The minimum atomic E-state index is -0.827. The normalized spacial score (nSPS) is 9.94. The predicted octanol–water partition coefficient (Wildman–Crippen LogP) is 2.94. The van der Waals surface area contributed by atoms with Crippen LogP contribution in [0.1, 0.15) is 40.0 Å². The van der Waals surface area contributed by atoms with Crippen molar-refractivity contribution in [2.45, 2.75) is 40.0 Å². The maximum absolute atomic E-state index is 10.3. The number of carbonyl (C=O) groups is 2. The van der Waals surface area contributed by atoms with Crippen LogP contribution in [0.5, 0.6) is 0 Å². The molecule has 0 atom stereocenters. The molecule has 0 aliphatic carbocycles. The summed E-state index contributed by atoms with van der Waals surface area (Å²) in [5, 5.41) is 8.24. The zero-order valence-corrected chi connectivity index (χ0v) is 10.9. The van der Waals surface area contributed by atoms with Crippen molar-refractivity contribution in [1.29, 1.82) is 0 Å². The minimum absolute atomic E-state index is 0.330. The summed E-state index contributed by atoms with van der Waals surface area (Å²) in [6, 6.07) is 0. The topological polar surface area (TPSA) is 63.6 Å². The van der Waals surface area contributed by atoms with Gasteiger partial charge in [0.2, 0.25) is 0 Å². The van der Waals surface area contributed by atoms with Gasteiger partial charge in [-0.1, -0.05) is 32.9 Å². The SMILES string of the molecule is C=CC(=O)OCCCC.CCC=C(C)C(=O)O. The van der Waals surface area contributed by atoms with Gasteiger partial charge in [0, 0.05) is 11.6 Å². The number of hydrogen-bond acceptors (Lipinski definition) is 3. The van der Waals surface area contributed by atoms with Crippen LogP contribution >= 0.6 is 0 Å². The standard InChI is InChI=1S/C7H12O2.C6H10O2/c1-3-5-6-9-7(8)4-2;1-3-4-5(2)6(7)8/h4H,2-3,5-6H2,1H3;4H,3H2,1-2H3,(H,7,8). The number of ether oxygens (including phenoxy) is 1. The fourth-order valence-electron chi connectivity index (χ4n) is 0.770. The third kappa shape index (κ3) is 14.4. The predicted molar refractivity (Wildman–Crippen MR) is 67.7 cm³/mol. The van der Waals surface area contributed by atoms with Crippen molar-refractivity contribution in [2.24, 2.45) is 0 Å². The second-order valence-corrected chi connectivity index (χ2v) is 3.33. The van der Waals surface area contributed by atoms with E-state index in [0.717, 1.165) is 19.3 Å². The number of rotatable bonds is 6. The van der Waals surface area contributed by atoms with Crippen LogP contribution in [0, 0.1) is 0 Å². The first kappa shape index (κ1) is 17.8. The second kappa shape index (κ2) is 12.5. The van der Waals surface area contributed by atoms with E-state index in [1.165, 1.54) is 6.08 Å². The Kier molecular flexibility index (Phi) is 13.1. The molecule has 0 heterocycles. The monoisotopic (exact) mass is 242 g/mol. The molecule has 0 radical (unpaired) electrons. The molecule has 0 aromatic heterocycles. The number of esters is 1. The van der Waals surface area contributed by atoms with Crippen LogP contribution in [0.4, 0.5) is 0 Å². The molecule has 0 fully saturated rings. The first-order valence-electron chi connectivity index (χ1n) is 5.68. The Bertz CT molecular complexity index is 267. The Balaban J connectivity index is 0. The lowest BCUT2D eigenvalue weighted by Gasteiger charge is -1.97. The van der Waals surface area contributed by atoms with Gasteiger partial charge in [-0.3, -0.25) is 0 Å². The van der Waals surface area contributed by atoms with Gasteiger partial charge in [-0.15, -0.1) is 0 Å². The van der Waals surface area contributed by atoms with E-state index >= 15 is 0 Å². The molecule has 0 amide bonds. The van der Waals surface area contributed by atoms with Gasteiger partial charge < -0.3 is 9.84 Å². The molecule has 0 saturated carbocycles. The molecule has 4 nitrogen and oxygen atoms in total. The quantitative estimate of drug-likeness (QED) is 0.442. The third-order valence-electron chi connectivity index (χ3n) is 1.76. The van der Waals surface area contributed by atoms with Crippen LogP contribution < -0.4 is 0 Å². The molecule has 4 heteroatoms. The first-order chi connectivity index (χ1) is 7.99. The number of carbonyl (C=O) groups excluding carboxylic acids is 1. The average molecular weight is 242 g/mol. The van der Waals surface area contributed by atoms with Gasteiger partial charge in [-0.2, -0.15) is 0 Å².